The molecule has 230 valence electrons. The molecule has 0 saturated carbocycles. The predicted molar refractivity (Wildman–Crippen MR) is 170 cm³/mol. The molecule has 1 aromatic carbocycles. The van der Waals surface area contributed by atoms with Crippen molar-refractivity contribution >= 4 is 11.9 Å². The summed E-state index contributed by atoms with van der Waals surface area (Å²) < 4.78 is 0. The number of unbranched alkanes of at least 4 members (excludes halogenated alkanes) is 18. The zero-order valence-electron chi connectivity index (χ0n) is 26.4. The van der Waals surface area contributed by atoms with Gasteiger partial charge < -0.3 is 10.2 Å². The number of aromatic carboxylic acids is 2. The summed E-state index contributed by atoms with van der Waals surface area (Å²) in [5, 5.41) is 20.0. The number of hydrogen-bond acceptors (Lipinski definition) is 2. The van der Waals surface area contributed by atoms with Crippen molar-refractivity contribution in [3.63, 3.8) is 0 Å². The van der Waals surface area contributed by atoms with Gasteiger partial charge in [0, 0.05) is 0 Å². The van der Waals surface area contributed by atoms with Crippen molar-refractivity contribution < 1.29 is 19.8 Å². The first-order valence-electron chi connectivity index (χ1n) is 17.0. The average Bonchev–Trinajstić information content (AvgIpc) is 2.95. The van der Waals surface area contributed by atoms with Crippen molar-refractivity contribution in [2.24, 2.45) is 0 Å². The lowest BCUT2D eigenvalue weighted by Crippen LogP contribution is -2.29. The number of carbonyl (C=O) groups is 2. The van der Waals surface area contributed by atoms with Crippen molar-refractivity contribution in [1.82, 2.24) is 0 Å². The zero-order chi connectivity index (χ0) is 29.5. The van der Waals surface area contributed by atoms with Gasteiger partial charge in [-0.1, -0.05) is 156 Å². The molecule has 0 radical (unpaired) electrons. The lowest BCUT2D eigenvalue weighted by atomic mass is 9.67. The Morgan fingerprint density at radius 3 is 1.20 bits per heavy atom. The highest BCUT2D eigenvalue weighted by Gasteiger charge is 2.35. The summed E-state index contributed by atoms with van der Waals surface area (Å²) in [5.74, 6) is -1.91. The predicted octanol–water partition coefficient (Wildman–Crippen LogP) is 11.7. The van der Waals surface area contributed by atoms with E-state index in [0.717, 1.165) is 56.9 Å². The fourth-order valence-corrected chi connectivity index (χ4v) is 6.34. The molecule has 1 aromatic rings. The van der Waals surface area contributed by atoms with Crippen LogP contribution >= 0.6 is 0 Å². The molecule has 0 aliphatic rings. The van der Waals surface area contributed by atoms with E-state index in [9.17, 15) is 19.8 Å². The molecule has 0 bridgehead atoms. The Hall–Kier alpha value is -1.84. The van der Waals surface area contributed by atoms with E-state index in [2.05, 4.69) is 20.8 Å². The maximum atomic E-state index is 12.4. The van der Waals surface area contributed by atoms with Crippen molar-refractivity contribution in [2.75, 3.05) is 0 Å². The smallest absolute Gasteiger partial charge is 0.335 e. The van der Waals surface area contributed by atoms with Crippen LogP contribution in [0.3, 0.4) is 0 Å². The molecule has 40 heavy (non-hydrogen) atoms. The highest BCUT2D eigenvalue weighted by Crippen LogP contribution is 2.43. The molecule has 0 heterocycles. The van der Waals surface area contributed by atoms with E-state index in [4.69, 9.17) is 0 Å². The Labute approximate surface area is 246 Å². The quantitative estimate of drug-likeness (QED) is 0.105. The molecule has 0 atom stereocenters. The van der Waals surface area contributed by atoms with Crippen LogP contribution in [0.4, 0.5) is 0 Å². The molecule has 0 aliphatic carbocycles. The van der Waals surface area contributed by atoms with Crippen LogP contribution in [-0.2, 0) is 5.41 Å². The van der Waals surface area contributed by atoms with Crippen LogP contribution in [-0.4, -0.2) is 22.2 Å². The highest BCUT2D eigenvalue weighted by atomic mass is 16.4. The summed E-state index contributed by atoms with van der Waals surface area (Å²) in [6.07, 6.45) is 28.6. The zero-order valence-corrected chi connectivity index (χ0v) is 26.4. The Kier molecular flexibility index (Phi) is 20.6. The van der Waals surface area contributed by atoms with Gasteiger partial charge in [-0.05, 0) is 48.4 Å². The minimum absolute atomic E-state index is 0.211. The fraction of sp³-hybridized carbons (Fsp3) is 0.778. The molecule has 4 nitrogen and oxygen atoms in total. The monoisotopic (exact) mass is 558 g/mol. The third-order valence-corrected chi connectivity index (χ3v) is 8.84. The third kappa shape index (κ3) is 14.7. The summed E-state index contributed by atoms with van der Waals surface area (Å²) in [6, 6.07) is 4.73. The van der Waals surface area contributed by atoms with Gasteiger partial charge in [-0.25, -0.2) is 9.59 Å². The van der Waals surface area contributed by atoms with Gasteiger partial charge in [-0.15, -0.1) is 0 Å². The molecule has 0 unspecified atom stereocenters. The maximum Gasteiger partial charge on any atom is 0.335 e. The second kappa shape index (κ2) is 22.8. The van der Waals surface area contributed by atoms with E-state index in [-0.39, 0.29) is 11.0 Å². The van der Waals surface area contributed by atoms with Gasteiger partial charge >= 0.3 is 11.9 Å². The van der Waals surface area contributed by atoms with Crippen molar-refractivity contribution in [1.29, 1.82) is 0 Å². The van der Waals surface area contributed by atoms with Gasteiger partial charge in [0.05, 0.1) is 11.1 Å². The van der Waals surface area contributed by atoms with Crippen molar-refractivity contribution in [3.8, 4) is 0 Å². The van der Waals surface area contributed by atoms with Gasteiger partial charge in [0.1, 0.15) is 0 Å². The standard InChI is InChI=1S/C36H62O4/c1-4-7-10-13-16-17-18-21-24-29-36(27-22-19-14-11-8-5-2,28-23-20-15-12-9-6-3)33-30-31(34(37)38)25-26-32(33)35(39)40/h25-26,30H,4-24,27-29H2,1-3H3,(H,37,38)(H,39,40). The fourth-order valence-electron chi connectivity index (χ4n) is 6.34. The molecule has 0 fully saturated rings. The summed E-state index contributed by atoms with van der Waals surface area (Å²) in [6.45, 7) is 6.73. The van der Waals surface area contributed by atoms with E-state index in [1.807, 2.05) is 0 Å². The average molecular weight is 559 g/mol. The van der Waals surface area contributed by atoms with Crippen LogP contribution in [0.5, 0.6) is 0 Å². The number of hydrogen-bond donors (Lipinski definition) is 2. The van der Waals surface area contributed by atoms with Crippen LogP contribution in [0, 0.1) is 0 Å². The second-order valence-electron chi connectivity index (χ2n) is 12.3. The largest absolute Gasteiger partial charge is 0.478 e. The Morgan fingerprint density at radius 2 is 0.875 bits per heavy atom. The molecule has 4 heteroatoms. The lowest BCUT2D eigenvalue weighted by Gasteiger charge is -2.37. The third-order valence-electron chi connectivity index (χ3n) is 8.84. The Morgan fingerprint density at radius 1 is 0.525 bits per heavy atom. The van der Waals surface area contributed by atoms with Gasteiger partial charge in [-0.3, -0.25) is 0 Å². The van der Waals surface area contributed by atoms with Crippen LogP contribution in [0.25, 0.3) is 0 Å². The minimum atomic E-state index is -0.978. The molecule has 2 N–H and O–H groups in total. The van der Waals surface area contributed by atoms with Gasteiger partial charge in [0.2, 0.25) is 0 Å². The second-order valence-corrected chi connectivity index (χ2v) is 12.3. The first kappa shape index (κ1) is 36.2. The lowest BCUT2D eigenvalue weighted by molar-refractivity contribution is 0.0677. The van der Waals surface area contributed by atoms with E-state index in [1.54, 1.807) is 12.1 Å². The number of rotatable bonds is 27. The number of benzene rings is 1. The first-order chi connectivity index (χ1) is 19.4. The van der Waals surface area contributed by atoms with Crippen LogP contribution in [0.1, 0.15) is 201 Å². The molecule has 1 rings (SSSR count). The van der Waals surface area contributed by atoms with Crippen molar-refractivity contribution in [3.05, 3.63) is 34.9 Å². The first-order valence-corrected chi connectivity index (χ1v) is 17.0. The van der Waals surface area contributed by atoms with Crippen LogP contribution in [0.2, 0.25) is 0 Å². The summed E-state index contributed by atoms with van der Waals surface area (Å²) >= 11 is 0. The van der Waals surface area contributed by atoms with E-state index >= 15 is 0 Å². The Bertz CT molecular complexity index is 784. The number of carboxylic acid groups (broad SMARTS) is 2. The number of carboxylic acids is 2. The minimum Gasteiger partial charge on any atom is -0.478 e. The summed E-state index contributed by atoms with van der Waals surface area (Å²) in [4.78, 5) is 24.4. The Balaban J connectivity index is 3.14. The SMILES string of the molecule is CCCCCCCCCCCC(CCCCCCCC)(CCCCCCCC)c1cc(C(=O)O)ccc1C(=O)O. The van der Waals surface area contributed by atoms with Gasteiger partial charge in [0.25, 0.3) is 0 Å². The van der Waals surface area contributed by atoms with E-state index in [1.165, 1.54) is 109 Å². The normalized spacial score (nSPS) is 11.7. The van der Waals surface area contributed by atoms with Crippen LogP contribution in [0.15, 0.2) is 18.2 Å². The van der Waals surface area contributed by atoms with Crippen LogP contribution < -0.4 is 0 Å². The topological polar surface area (TPSA) is 74.6 Å². The molecule has 0 amide bonds. The van der Waals surface area contributed by atoms with E-state index in [0.29, 0.717) is 5.56 Å². The molecule has 0 saturated heterocycles. The summed E-state index contributed by atoms with van der Waals surface area (Å²) in [7, 11) is 0. The molecular weight excluding hydrogens is 496 g/mol. The van der Waals surface area contributed by atoms with Gasteiger partial charge in [-0.2, -0.15) is 0 Å². The highest BCUT2D eigenvalue weighted by molar-refractivity contribution is 5.93. The summed E-state index contributed by atoms with van der Waals surface area (Å²) in [5.41, 5.74) is 1.03. The van der Waals surface area contributed by atoms with E-state index < -0.39 is 11.9 Å². The van der Waals surface area contributed by atoms with Gasteiger partial charge in [0.15, 0.2) is 0 Å². The maximum absolute atomic E-state index is 12.4. The molecule has 0 aromatic heterocycles. The van der Waals surface area contributed by atoms with Crippen molar-refractivity contribution in [2.45, 2.75) is 180 Å². The molecule has 0 spiro atoms. The molecule has 0 aliphatic heterocycles. The molecular formula is C36H62O4.